The van der Waals surface area contributed by atoms with Crippen LogP contribution in [-0.4, -0.2) is 34.4 Å². The summed E-state index contributed by atoms with van der Waals surface area (Å²) in [5.74, 6) is 1.81. The van der Waals surface area contributed by atoms with Gasteiger partial charge < -0.3 is 14.5 Å². The highest BCUT2D eigenvalue weighted by molar-refractivity contribution is 7.46. The van der Waals surface area contributed by atoms with E-state index >= 15 is 0 Å². The Kier molecular flexibility index (Phi) is 4.16. The van der Waals surface area contributed by atoms with Crippen LogP contribution >= 0.6 is 7.82 Å². The smallest absolute Gasteiger partial charge is 0.348 e. The molecule has 5 aliphatic carbocycles. The molecule has 6 rings (SSSR count). The molecule has 0 aromatic heterocycles. The summed E-state index contributed by atoms with van der Waals surface area (Å²) in [6.07, 6.45) is 8.63. The van der Waals surface area contributed by atoms with Gasteiger partial charge in [0.1, 0.15) is 0 Å². The first-order valence-electron chi connectivity index (χ1n) is 10.0. The second kappa shape index (κ2) is 5.99. The molecule has 1 saturated heterocycles. The molecule has 8 heteroatoms. The van der Waals surface area contributed by atoms with Crippen LogP contribution in [0.15, 0.2) is 0 Å². The van der Waals surface area contributed by atoms with E-state index < -0.39 is 19.7 Å². The highest BCUT2D eigenvalue weighted by Crippen LogP contribution is 2.69. The van der Waals surface area contributed by atoms with Crippen LogP contribution in [0.5, 0.6) is 0 Å². The summed E-state index contributed by atoms with van der Waals surface area (Å²) in [5.41, 5.74) is -0.385. The molecule has 3 atom stereocenters. The molecule has 1 spiro atoms. The van der Waals surface area contributed by atoms with Gasteiger partial charge in [-0.3, -0.25) is 4.52 Å². The van der Waals surface area contributed by atoms with Crippen LogP contribution in [0.25, 0.3) is 0 Å². The van der Waals surface area contributed by atoms with Crippen molar-refractivity contribution in [2.75, 3.05) is 7.11 Å². The fourth-order valence-corrected chi connectivity index (χ4v) is 7.92. The number of hydrogen-bond donors (Lipinski definition) is 2. The number of methoxy groups -OCH3 is 1. The van der Waals surface area contributed by atoms with Gasteiger partial charge in [-0.1, -0.05) is 6.42 Å². The van der Waals surface area contributed by atoms with Gasteiger partial charge in [-0.25, -0.2) is 9.45 Å². The summed E-state index contributed by atoms with van der Waals surface area (Å²) < 4.78 is 22.4. The van der Waals surface area contributed by atoms with E-state index in [0.717, 1.165) is 24.7 Å². The normalized spacial score (nSPS) is 53.0. The third kappa shape index (κ3) is 2.45. The Balaban J connectivity index is 1.42. The number of ether oxygens (including phenoxy) is 1. The highest BCUT2D eigenvalue weighted by Gasteiger charge is 2.77. The number of phosphoric acid groups is 1. The molecule has 0 amide bonds. The van der Waals surface area contributed by atoms with Gasteiger partial charge >= 0.3 is 7.82 Å². The van der Waals surface area contributed by atoms with Crippen molar-refractivity contribution in [1.29, 1.82) is 0 Å². The Labute approximate surface area is 153 Å². The number of hydrogen-bond acceptors (Lipinski definition) is 5. The molecule has 26 heavy (non-hydrogen) atoms. The first kappa shape index (κ1) is 18.0. The van der Waals surface area contributed by atoms with E-state index in [4.69, 9.17) is 19.0 Å². The molecule has 2 N–H and O–H groups in total. The lowest BCUT2D eigenvalue weighted by atomic mass is 9.46. The number of rotatable bonds is 4. The van der Waals surface area contributed by atoms with Crippen molar-refractivity contribution >= 4 is 7.82 Å². The van der Waals surface area contributed by atoms with Gasteiger partial charge in [-0.15, -0.1) is 0 Å². The van der Waals surface area contributed by atoms with Gasteiger partial charge in [0, 0.05) is 13.0 Å². The zero-order valence-electron chi connectivity index (χ0n) is 15.2. The quantitative estimate of drug-likeness (QED) is 0.564. The minimum Gasteiger partial charge on any atom is -0.348 e. The van der Waals surface area contributed by atoms with Gasteiger partial charge in [-0.2, -0.15) is 4.89 Å². The van der Waals surface area contributed by atoms with Gasteiger partial charge in [-0.05, 0) is 75.0 Å². The molecule has 6 aliphatic rings. The standard InChI is InChI=1S/C18H29O7P/c1-22-18(13-3-2-4-16(10-13)23-26(19,20)21)17(24-25-18)14-6-11-5-12(8-14)9-15(17)7-11/h11-16H,2-10H2,1H3,(H2,19,20,21). The van der Waals surface area contributed by atoms with E-state index in [1.807, 2.05) is 0 Å². The average Bonchev–Trinajstić information content (AvgIpc) is 2.53. The predicted molar refractivity (Wildman–Crippen MR) is 90.6 cm³/mol. The average molecular weight is 388 g/mol. The summed E-state index contributed by atoms with van der Waals surface area (Å²) in [6, 6.07) is 0. The Morgan fingerprint density at radius 3 is 2.08 bits per heavy atom. The van der Waals surface area contributed by atoms with E-state index in [2.05, 4.69) is 0 Å². The van der Waals surface area contributed by atoms with Crippen molar-refractivity contribution in [3.05, 3.63) is 0 Å². The summed E-state index contributed by atoms with van der Waals surface area (Å²) in [5, 5.41) is 0. The molecular formula is C18H29O7P. The first-order valence-corrected chi connectivity index (χ1v) is 11.5. The van der Waals surface area contributed by atoms with Crippen LogP contribution in [0.4, 0.5) is 0 Å². The van der Waals surface area contributed by atoms with Crippen molar-refractivity contribution in [3.63, 3.8) is 0 Å². The largest absolute Gasteiger partial charge is 0.469 e. The van der Waals surface area contributed by atoms with Gasteiger partial charge in [0.2, 0.25) is 5.79 Å². The van der Waals surface area contributed by atoms with E-state index in [0.29, 0.717) is 24.7 Å². The maximum Gasteiger partial charge on any atom is 0.469 e. The zero-order chi connectivity index (χ0) is 18.2. The van der Waals surface area contributed by atoms with Crippen molar-refractivity contribution < 1.29 is 33.4 Å². The Morgan fingerprint density at radius 2 is 1.58 bits per heavy atom. The van der Waals surface area contributed by atoms with Crippen molar-refractivity contribution in [2.45, 2.75) is 75.3 Å². The lowest BCUT2D eigenvalue weighted by Gasteiger charge is -2.70. The summed E-state index contributed by atoms with van der Waals surface area (Å²) in [6.45, 7) is 0. The van der Waals surface area contributed by atoms with Gasteiger partial charge in [0.25, 0.3) is 0 Å². The monoisotopic (exact) mass is 388 g/mol. The van der Waals surface area contributed by atoms with Crippen LogP contribution in [0.2, 0.25) is 0 Å². The molecule has 5 saturated carbocycles. The van der Waals surface area contributed by atoms with Crippen LogP contribution < -0.4 is 0 Å². The van der Waals surface area contributed by atoms with Crippen LogP contribution in [0.3, 0.4) is 0 Å². The Bertz CT molecular complexity index is 587. The minimum atomic E-state index is -4.49. The van der Waals surface area contributed by atoms with Gasteiger partial charge in [0.05, 0.1) is 6.10 Å². The molecule has 148 valence electrons. The van der Waals surface area contributed by atoms with E-state index in [1.165, 1.54) is 32.1 Å². The van der Waals surface area contributed by atoms with E-state index in [1.54, 1.807) is 7.11 Å². The SMILES string of the molecule is COC1(C2CCCC(OP(=O)(O)O)C2)OOC12C1CC3CC(C1)CC2C3. The van der Waals surface area contributed by atoms with Crippen LogP contribution in [0.1, 0.15) is 57.8 Å². The zero-order valence-corrected chi connectivity index (χ0v) is 16.1. The topological polar surface area (TPSA) is 94.5 Å². The molecule has 3 unspecified atom stereocenters. The molecule has 0 aromatic carbocycles. The van der Waals surface area contributed by atoms with Crippen molar-refractivity contribution in [3.8, 4) is 0 Å². The fraction of sp³-hybridized carbons (Fsp3) is 1.00. The molecule has 1 heterocycles. The maximum atomic E-state index is 11.3. The summed E-state index contributed by atoms with van der Waals surface area (Å²) >= 11 is 0. The molecule has 6 fully saturated rings. The molecule has 0 radical (unpaired) electrons. The third-order valence-corrected chi connectivity index (χ3v) is 8.52. The van der Waals surface area contributed by atoms with Gasteiger partial charge in [0.15, 0.2) is 5.60 Å². The lowest BCUT2D eigenvalue weighted by Crippen LogP contribution is -2.80. The Morgan fingerprint density at radius 1 is 0.923 bits per heavy atom. The minimum absolute atomic E-state index is 0.0316. The Hall–Kier alpha value is -0.0100. The maximum absolute atomic E-state index is 11.3. The lowest BCUT2D eigenvalue weighted by molar-refractivity contribution is -0.647. The van der Waals surface area contributed by atoms with Crippen molar-refractivity contribution in [2.24, 2.45) is 29.6 Å². The van der Waals surface area contributed by atoms with Crippen LogP contribution in [-0.2, 0) is 23.6 Å². The molecule has 4 bridgehead atoms. The van der Waals surface area contributed by atoms with E-state index in [-0.39, 0.29) is 11.5 Å². The summed E-state index contributed by atoms with van der Waals surface area (Å²) in [4.78, 5) is 30.2. The van der Waals surface area contributed by atoms with Crippen molar-refractivity contribution in [1.82, 2.24) is 0 Å². The fourth-order valence-electron chi connectivity index (χ4n) is 7.34. The van der Waals surface area contributed by atoms with E-state index in [9.17, 15) is 14.4 Å². The first-order chi connectivity index (χ1) is 12.4. The summed E-state index contributed by atoms with van der Waals surface area (Å²) in [7, 11) is -2.79. The van der Waals surface area contributed by atoms with Crippen LogP contribution in [0, 0.1) is 29.6 Å². The molecule has 1 aliphatic heterocycles. The third-order valence-electron chi connectivity index (χ3n) is 7.95. The molecular weight excluding hydrogens is 359 g/mol. The molecule has 0 aromatic rings. The predicted octanol–water partition coefficient (Wildman–Crippen LogP) is 3.15. The highest BCUT2D eigenvalue weighted by atomic mass is 31.2. The number of phosphoric ester groups is 1. The molecule has 7 nitrogen and oxygen atoms in total. The second-order valence-electron chi connectivity index (χ2n) is 9.22. The second-order valence-corrected chi connectivity index (χ2v) is 10.4.